The first-order valence-electron chi connectivity index (χ1n) is 5.83. The second kappa shape index (κ2) is 4.88. The quantitative estimate of drug-likeness (QED) is 0.853. The lowest BCUT2D eigenvalue weighted by Crippen LogP contribution is -2.49. The van der Waals surface area contributed by atoms with Gasteiger partial charge in [0.15, 0.2) is 0 Å². The van der Waals surface area contributed by atoms with Crippen LogP contribution in [-0.4, -0.2) is 19.0 Å². The van der Waals surface area contributed by atoms with E-state index in [0.29, 0.717) is 0 Å². The minimum absolute atomic E-state index is 0.0527. The molecule has 0 saturated heterocycles. The molecule has 3 nitrogen and oxygen atoms in total. The molecule has 0 spiro atoms. The van der Waals surface area contributed by atoms with E-state index >= 15 is 0 Å². The van der Waals surface area contributed by atoms with Crippen LogP contribution in [0.15, 0.2) is 24.3 Å². The molecular formula is C14H22N2O. The van der Waals surface area contributed by atoms with Crippen molar-refractivity contribution in [3.05, 3.63) is 29.8 Å². The van der Waals surface area contributed by atoms with Crippen LogP contribution in [-0.2, 0) is 4.79 Å². The molecule has 0 unspecified atom stereocenters. The number of hydrogen-bond donors (Lipinski definition) is 1. The third-order valence-electron chi connectivity index (χ3n) is 2.92. The molecule has 0 heterocycles. The van der Waals surface area contributed by atoms with Crippen molar-refractivity contribution in [3.8, 4) is 0 Å². The van der Waals surface area contributed by atoms with Crippen LogP contribution < -0.4 is 10.6 Å². The van der Waals surface area contributed by atoms with Crippen LogP contribution in [0.5, 0.6) is 0 Å². The number of rotatable bonds is 2. The molecule has 94 valence electrons. The van der Waals surface area contributed by atoms with Gasteiger partial charge < -0.3 is 10.6 Å². The van der Waals surface area contributed by atoms with E-state index in [1.807, 2.05) is 52.0 Å². The van der Waals surface area contributed by atoms with Crippen LogP contribution in [0.1, 0.15) is 26.3 Å². The van der Waals surface area contributed by atoms with Crippen LogP contribution in [0.4, 0.5) is 5.69 Å². The van der Waals surface area contributed by atoms with E-state index in [9.17, 15) is 4.79 Å². The van der Waals surface area contributed by atoms with Gasteiger partial charge in [0.2, 0.25) is 5.91 Å². The third-order valence-corrected chi connectivity index (χ3v) is 2.92. The van der Waals surface area contributed by atoms with Gasteiger partial charge in [-0.2, -0.15) is 0 Å². The average Bonchev–Trinajstić information content (AvgIpc) is 2.25. The number of carbonyl (C=O) groups is 1. The Morgan fingerprint density at radius 3 is 2.41 bits per heavy atom. The Morgan fingerprint density at radius 2 is 1.94 bits per heavy atom. The van der Waals surface area contributed by atoms with Crippen molar-refractivity contribution in [1.29, 1.82) is 0 Å². The van der Waals surface area contributed by atoms with Crippen molar-refractivity contribution in [3.63, 3.8) is 0 Å². The van der Waals surface area contributed by atoms with Gasteiger partial charge in [-0.15, -0.1) is 0 Å². The summed E-state index contributed by atoms with van der Waals surface area (Å²) in [5.74, 6) is -0.0527. The van der Waals surface area contributed by atoms with E-state index in [0.717, 1.165) is 11.3 Å². The fourth-order valence-corrected chi connectivity index (χ4v) is 1.54. The molecule has 0 fully saturated rings. The molecule has 0 saturated carbocycles. The minimum Gasteiger partial charge on any atom is -0.319 e. The van der Waals surface area contributed by atoms with Crippen LogP contribution in [0, 0.1) is 12.3 Å². The first-order chi connectivity index (χ1) is 7.73. The van der Waals surface area contributed by atoms with Gasteiger partial charge in [0.1, 0.15) is 0 Å². The van der Waals surface area contributed by atoms with Crippen LogP contribution in [0.25, 0.3) is 0 Å². The Labute approximate surface area is 104 Å². The Hall–Kier alpha value is -1.35. The lowest BCUT2D eigenvalue weighted by atomic mass is 9.86. The number of benzene rings is 1. The summed E-state index contributed by atoms with van der Waals surface area (Å²) in [5.41, 5.74) is 7.77. The van der Waals surface area contributed by atoms with Crippen molar-refractivity contribution in [2.24, 2.45) is 11.1 Å². The van der Waals surface area contributed by atoms with Gasteiger partial charge >= 0.3 is 0 Å². The van der Waals surface area contributed by atoms with Gasteiger partial charge in [0.05, 0.1) is 6.04 Å². The normalized spacial score (nSPS) is 13.3. The highest BCUT2D eigenvalue weighted by Crippen LogP contribution is 2.22. The van der Waals surface area contributed by atoms with Crippen molar-refractivity contribution >= 4 is 11.6 Å². The van der Waals surface area contributed by atoms with Gasteiger partial charge in [0, 0.05) is 12.7 Å². The smallest absolute Gasteiger partial charge is 0.244 e. The Kier molecular flexibility index (Phi) is 3.94. The van der Waals surface area contributed by atoms with E-state index in [-0.39, 0.29) is 11.3 Å². The van der Waals surface area contributed by atoms with E-state index in [1.165, 1.54) is 0 Å². The predicted octanol–water partition coefficient (Wildman–Crippen LogP) is 2.33. The predicted molar refractivity (Wildman–Crippen MR) is 72.0 cm³/mol. The molecule has 1 aromatic rings. The number of likely N-dealkylation sites (N-methyl/N-ethyl adjacent to an activating group) is 1. The SMILES string of the molecule is Cc1cccc(N(C)C(=O)[C@H](N)C(C)(C)C)c1. The van der Waals surface area contributed by atoms with E-state index in [2.05, 4.69) is 0 Å². The Morgan fingerprint density at radius 1 is 1.35 bits per heavy atom. The molecule has 0 aliphatic carbocycles. The van der Waals surface area contributed by atoms with Crippen LogP contribution in [0.3, 0.4) is 0 Å². The molecule has 0 radical (unpaired) electrons. The second-order valence-corrected chi connectivity index (χ2v) is 5.58. The minimum atomic E-state index is -0.493. The molecule has 0 aliphatic rings. The summed E-state index contributed by atoms with van der Waals surface area (Å²) in [6, 6.07) is 7.35. The number of amides is 1. The highest BCUT2D eigenvalue weighted by atomic mass is 16.2. The van der Waals surface area contributed by atoms with E-state index < -0.39 is 6.04 Å². The highest BCUT2D eigenvalue weighted by molar-refractivity contribution is 5.97. The van der Waals surface area contributed by atoms with Crippen molar-refractivity contribution in [2.75, 3.05) is 11.9 Å². The second-order valence-electron chi connectivity index (χ2n) is 5.58. The number of nitrogens with zero attached hydrogens (tertiary/aromatic N) is 1. The van der Waals surface area contributed by atoms with E-state index in [4.69, 9.17) is 5.73 Å². The first-order valence-corrected chi connectivity index (χ1v) is 5.83. The maximum Gasteiger partial charge on any atom is 0.244 e. The van der Waals surface area contributed by atoms with E-state index in [1.54, 1.807) is 11.9 Å². The molecule has 0 aromatic heterocycles. The van der Waals surface area contributed by atoms with Gasteiger partial charge in [-0.05, 0) is 30.0 Å². The number of nitrogens with two attached hydrogens (primary N) is 1. The molecule has 0 aliphatic heterocycles. The molecular weight excluding hydrogens is 212 g/mol. The molecule has 1 rings (SSSR count). The van der Waals surface area contributed by atoms with Crippen LogP contribution >= 0.6 is 0 Å². The zero-order chi connectivity index (χ0) is 13.2. The summed E-state index contributed by atoms with van der Waals surface area (Å²) in [6.07, 6.45) is 0. The van der Waals surface area contributed by atoms with Crippen LogP contribution in [0.2, 0.25) is 0 Å². The van der Waals surface area contributed by atoms with Crippen molar-refractivity contribution in [2.45, 2.75) is 33.7 Å². The first kappa shape index (κ1) is 13.7. The zero-order valence-electron chi connectivity index (χ0n) is 11.3. The van der Waals surface area contributed by atoms with Gasteiger partial charge in [0.25, 0.3) is 0 Å². The molecule has 1 amide bonds. The van der Waals surface area contributed by atoms with Gasteiger partial charge in [-0.3, -0.25) is 4.79 Å². The third kappa shape index (κ3) is 3.30. The summed E-state index contributed by atoms with van der Waals surface area (Å²) < 4.78 is 0. The van der Waals surface area contributed by atoms with Crippen molar-refractivity contribution in [1.82, 2.24) is 0 Å². The summed E-state index contributed by atoms with van der Waals surface area (Å²) >= 11 is 0. The topological polar surface area (TPSA) is 46.3 Å². The summed E-state index contributed by atoms with van der Waals surface area (Å²) in [6.45, 7) is 7.92. The molecule has 3 heteroatoms. The molecule has 2 N–H and O–H groups in total. The summed E-state index contributed by atoms with van der Waals surface area (Å²) in [7, 11) is 1.77. The van der Waals surface area contributed by atoms with Gasteiger partial charge in [-0.25, -0.2) is 0 Å². The summed E-state index contributed by atoms with van der Waals surface area (Å²) in [4.78, 5) is 13.8. The Bertz CT molecular complexity index is 407. The number of aryl methyl sites for hydroxylation is 1. The summed E-state index contributed by atoms with van der Waals surface area (Å²) in [5, 5.41) is 0. The molecule has 17 heavy (non-hydrogen) atoms. The van der Waals surface area contributed by atoms with Gasteiger partial charge in [-0.1, -0.05) is 32.9 Å². The maximum atomic E-state index is 12.2. The highest BCUT2D eigenvalue weighted by Gasteiger charge is 2.30. The number of hydrogen-bond acceptors (Lipinski definition) is 2. The largest absolute Gasteiger partial charge is 0.319 e. The number of carbonyl (C=O) groups excluding carboxylic acids is 1. The molecule has 1 aromatic carbocycles. The lowest BCUT2D eigenvalue weighted by Gasteiger charge is -2.30. The molecule has 1 atom stereocenters. The Balaban J connectivity index is 2.91. The maximum absolute atomic E-state index is 12.2. The number of anilines is 1. The fraction of sp³-hybridized carbons (Fsp3) is 0.500. The molecule has 0 bridgehead atoms. The fourth-order valence-electron chi connectivity index (χ4n) is 1.54. The van der Waals surface area contributed by atoms with Crippen molar-refractivity contribution < 1.29 is 4.79 Å². The lowest BCUT2D eigenvalue weighted by molar-refractivity contribution is -0.121. The zero-order valence-corrected chi connectivity index (χ0v) is 11.3. The average molecular weight is 234 g/mol. The monoisotopic (exact) mass is 234 g/mol. The standard InChI is InChI=1S/C14H22N2O/c1-10-7-6-8-11(9-10)16(5)13(17)12(15)14(2,3)4/h6-9,12H,15H2,1-5H3/t12-/m0/s1.